The van der Waals surface area contributed by atoms with E-state index in [0.717, 1.165) is 15.6 Å². The van der Waals surface area contributed by atoms with Crippen LogP contribution < -0.4 is 0 Å². The van der Waals surface area contributed by atoms with Crippen LogP contribution in [0.4, 0.5) is 0 Å². The molecule has 2 aromatic heterocycles. The summed E-state index contributed by atoms with van der Waals surface area (Å²) in [6, 6.07) is 3.92. The van der Waals surface area contributed by atoms with Gasteiger partial charge in [-0.1, -0.05) is 11.8 Å². The van der Waals surface area contributed by atoms with E-state index in [1.54, 1.807) is 28.6 Å². The minimum Gasteiger partial charge on any atom is -0.338 e. The average molecular weight is 307 g/mol. The number of aromatic nitrogens is 2. The molecule has 0 bridgehead atoms. The molecule has 6 heteroatoms. The quantitative estimate of drug-likeness (QED) is 0.796. The maximum Gasteiger partial charge on any atom is 0.233 e. The topological polar surface area (TPSA) is 46.1 Å². The third kappa shape index (κ3) is 3.80. The minimum absolute atomic E-state index is 0.0455. The summed E-state index contributed by atoms with van der Waals surface area (Å²) in [5.41, 5.74) is 2.09. The maximum atomic E-state index is 12.2. The molecule has 106 valence electrons. The fourth-order valence-corrected chi connectivity index (χ4v) is 3.48. The molecule has 0 spiro atoms. The minimum atomic E-state index is 0.0455. The Hall–Kier alpha value is -1.40. The first-order valence-electron chi connectivity index (χ1n) is 6.28. The summed E-state index contributed by atoms with van der Waals surface area (Å²) in [6.07, 6.45) is 3.49. The molecule has 2 rings (SSSR count). The smallest absolute Gasteiger partial charge is 0.233 e. The molecule has 0 aliphatic rings. The average Bonchev–Trinajstić information content (AvgIpc) is 2.89. The van der Waals surface area contributed by atoms with E-state index in [1.165, 1.54) is 11.8 Å². The highest BCUT2D eigenvalue weighted by atomic mass is 32.2. The molecular formula is C14H17N3OS2. The molecule has 0 unspecified atom stereocenters. The van der Waals surface area contributed by atoms with E-state index < -0.39 is 0 Å². The first kappa shape index (κ1) is 15.0. The van der Waals surface area contributed by atoms with E-state index in [1.807, 2.05) is 38.4 Å². The number of hydrogen-bond donors (Lipinski definition) is 0. The second-order valence-corrected chi connectivity index (χ2v) is 6.59. The van der Waals surface area contributed by atoms with Gasteiger partial charge in [0.05, 0.1) is 11.8 Å². The van der Waals surface area contributed by atoms with Crippen molar-refractivity contribution in [2.75, 3.05) is 12.8 Å². The fourth-order valence-electron chi connectivity index (χ4n) is 1.71. The molecule has 0 aromatic carbocycles. The predicted octanol–water partition coefficient (Wildman–Crippen LogP) is 3.16. The number of thioether (sulfide) groups is 1. The van der Waals surface area contributed by atoms with Crippen LogP contribution in [-0.4, -0.2) is 33.6 Å². The third-order valence-corrected chi connectivity index (χ3v) is 5.20. The summed E-state index contributed by atoms with van der Waals surface area (Å²) in [4.78, 5) is 22.3. The van der Waals surface area contributed by atoms with Crippen molar-refractivity contribution in [3.8, 4) is 0 Å². The normalized spacial score (nSPS) is 12.2. The van der Waals surface area contributed by atoms with Crippen molar-refractivity contribution in [2.24, 2.45) is 0 Å². The molecule has 4 nitrogen and oxygen atoms in total. The molecule has 0 aliphatic heterocycles. The Kier molecular flexibility index (Phi) is 5.14. The Morgan fingerprint density at radius 1 is 1.45 bits per heavy atom. The van der Waals surface area contributed by atoms with E-state index >= 15 is 0 Å². The van der Waals surface area contributed by atoms with Gasteiger partial charge in [0.2, 0.25) is 5.91 Å². The lowest BCUT2D eigenvalue weighted by atomic mass is 10.1. The Morgan fingerprint density at radius 2 is 2.15 bits per heavy atom. The van der Waals surface area contributed by atoms with Gasteiger partial charge in [0.1, 0.15) is 0 Å². The highest BCUT2D eigenvalue weighted by molar-refractivity contribution is 8.01. The van der Waals surface area contributed by atoms with Crippen molar-refractivity contribution in [3.63, 3.8) is 0 Å². The number of carbonyl (C=O) groups excluding carboxylic acids is 1. The zero-order valence-corrected chi connectivity index (χ0v) is 13.4. The van der Waals surface area contributed by atoms with Crippen LogP contribution >= 0.6 is 23.1 Å². The largest absolute Gasteiger partial charge is 0.338 e. The van der Waals surface area contributed by atoms with Crippen molar-refractivity contribution >= 4 is 29.0 Å². The Morgan fingerprint density at radius 3 is 2.75 bits per heavy atom. The molecule has 1 atom stereocenters. The van der Waals surface area contributed by atoms with Gasteiger partial charge in [-0.05, 0) is 31.5 Å². The first-order chi connectivity index (χ1) is 9.58. The zero-order chi connectivity index (χ0) is 14.5. The van der Waals surface area contributed by atoms with Gasteiger partial charge in [0.15, 0.2) is 4.34 Å². The molecular weight excluding hydrogens is 290 g/mol. The highest BCUT2D eigenvalue weighted by Crippen LogP contribution is 2.24. The van der Waals surface area contributed by atoms with Gasteiger partial charge in [-0.25, -0.2) is 4.98 Å². The maximum absolute atomic E-state index is 12.2. The van der Waals surface area contributed by atoms with Gasteiger partial charge < -0.3 is 4.90 Å². The Labute approximate surface area is 127 Å². The lowest BCUT2D eigenvalue weighted by molar-refractivity contribution is -0.128. The summed E-state index contributed by atoms with van der Waals surface area (Å²) in [7, 11) is 1.83. The molecule has 20 heavy (non-hydrogen) atoms. The van der Waals surface area contributed by atoms with E-state index in [9.17, 15) is 4.79 Å². The van der Waals surface area contributed by atoms with Crippen LogP contribution in [0.15, 0.2) is 34.2 Å². The van der Waals surface area contributed by atoms with Gasteiger partial charge in [0, 0.05) is 30.5 Å². The number of rotatable bonds is 5. The number of nitrogens with zero attached hydrogens (tertiary/aromatic N) is 3. The van der Waals surface area contributed by atoms with E-state index in [4.69, 9.17) is 0 Å². The second kappa shape index (κ2) is 6.85. The van der Waals surface area contributed by atoms with Crippen molar-refractivity contribution in [1.82, 2.24) is 14.9 Å². The van der Waals surface area contributed by atoms with Crippen LogP contribution in [0.5, 0.6) is 0 Å². The molecule has 0 fully saturated rings. The van der Waals surface area contributed by atoms with Gasteiger partial charge in [-0.3, -0.25) is 9.78 Å². The van der Waals surface area contributed by atoms with Crippen LogP contribution in [0.25, 0.3) is 0 Å². The van der Waals surface area contributed by atoms with Crippen LogP contribution in [-0.2, 0) is 4.79 Å². The van der Waals surface area contributed by atoms with Crippen molar-refractivity contribution in [2.45, 2.75) is 24.2 Å². The van der Waals surface area contributed by atoms with Crippen molar-refractivity contribution < 1.29 is 4.79 Å². The summed E-state index contributed by atoms with van der Waals surface area (Å²) < 4.78 is 0.945. The lowest BCUT2D eigenvalue weighted by Crippen LogP contribution is -2.31. The van der Waals surface area contributed by atoms with Crippen molar-refractivity contribution in [3.05, 3.63) is 41.2 Å². The highest BCUT2D eigenvalue weighted by Gasteiger charge is 2.17. The first-order valence-corrected chi connectivity index (χ1v) is 8.15. The van der Waals surface area contributed by atoms with Gasteiger partial charge >= 0.3 is 0 Å². The Bertz CT molecular complexity index is 571. The summed E-state index contributed by atoms with van der Waals surface area (Å²) in [5, 5.41) is 2.00. The number of hydrogen-bond acceptors (Lipinski definition) is 5. The monoisotopic (exact) mass is 307 g/mol. The molecule has 0 radical (unpaired) electrons. The fraction of sp³-hybridized carbons (Fsp3) is 0.357. The Balaban J connectivity index is 1.91. The van der Waals surface area contributed by atoms with Gasteiger partial charge in [0.25, 0.3) is 0 Å². The van der Waals surface area contributed by atoms with Gasteiger partial charge in [-0.2, -0.15) is 0 Å². The number of amides is 1. The number of carbonyl (C=O) groups is 1. The summed E-state index contributed by atoms with van der Waals surface area (Å²) in [6.45, 7) is 3.98. The molecule has 0 N–H and O–H groups in total. The molecule has 0 saturated heterocycles. The standard InChI is InChI=1S/C14H17N3OS2/c1-10-8-19-14(16-10)20-9-13(18)17(3)11(2)12-4-6-15-7-5-12/h4-8,11H,9H2,1-3H3/t11-/m1/s1. The SMILES string of the molecule is Cc1csc(SCC(=O)N(C)[C@H](C)c2ccncc2)n1. The molecule has 2 heterocycles. The number of thiazole rings is 1. The molecule has 0 aliphatic carbocycles. The predicted molar refractivity (Wildman–Crippen MR) is 83.0 cm³/mol. The second-order valence-electron chi connectivity index (χ2n) is 4.50. The van der Waals surface area contributed by atoms with Gasteiger partial charge in [-0.15, -0.1) is 11.3 Å². The number of aryl methyl sites for hydroxylation is 1. The van der Waals surface area contributed by atoms with E-state index in [2.05, 4.69) is 9.97 Å². The number of pyridine rings is 1. The molecule has 0 saturated carbocycles. The zero-order valence-electron chi connectivity index (χ0n) is 11.7. The summed E-state index contributed by atoms with van der Waals surface area (Å²) >= 11 is 3.08. The molecule has 1 amide bonds. The van der Waals surface area contributed by atoms with E-state index in [-0.39, 0.29) is 11.9 Å². The van der Waals surface area contributed by atoms with Crippen molar-refractivity contribution in [1.29, 1.82) is 0 Å². The third-order valence-electron chi connectivity index (χ3n) is 3.08. The van der Waals surface area contributed by atoms with Crippen LogP contribution in [0.3, 0.4) is 0 Å². The van der Waals surface area contributed by atoms with Crippen LogP contribution in [0.1, 0.15) is 24.2 Å². The van der Waals surface area contributed by atoms with Crippen LogP contribution in [0.2, 0.25) is 0 Å². The summed E-state index contributed by atoms with van der Waals surface area (Å²) in [5.74, 6) is 0.519. The van der Waals surface area contributed by atoms with E-state index in [0.29, 0.717) is 5.75 Å². The lowest BCUT2D eigenvalue weighted by Gasteiger charge is -2.25. The van der Waals surface area contributed by atoms with Crippen LogP contribution in [0, 0.1) is 6.92 Å². The molecule has 2 aromatic rings.